The highest BCUT2D eigenvalue weighted by Crippen LogP contribution is 2.35. The summed E-state index contributed by atoms with van der Waals surface area (Å²) in [7, 11) is 0. The second kappa shape index (κ2) is 4.34. The van der Waals surface area contributed by atoms with Gasteiger partial charge in [0.05, 0.1) is 11.9 Å². The summed E-state index contributed by atoms with van der Waals surface area (Å²) in [5, 5.41) is 2.90. The lowest BCUT2D eigenvalue weighted by Crippen LogP contribution is -2.33. The normalized spacial score (nSPS) is 15.3. The van der Waals surface area contributed by atoms with Crippen molar-refractivity contribution in [3.63, 3.8) is 0 Å². The maximum atomic E-state index is 12.4. The van der Waals surface area contributed by atoms with Crippen LogP contribution in [0.25, 0.3) is 0 Å². The first-order valence-corrected chi connectivity index (χ1v) is 6.94. The number of nitrogens with one attached hydrogen (secondary N) is 1. The van der Waals surface area contributed by atoms with Crippen LogP contribution in [0.4, 0.5) is 16.2 Å². The molecule has 1 aromatic carbocycles. The summed E-state index contributed by atoms with van der Waals surface area (Å²) in [6.07, 6.45) is 6.63. The van der Waals surface area contributed by atoms with Gasteiger partial charge in [-0.15, -0.1) is 0 Å². The number of aromatic nitrogens is 1. The summed E-state index contributed by atoms with van der Waals surface area (Å²) >= 11 is 0. The standard InChI is InChI=1S/C16H15N3O/c20-16(18-14-2-1-6-17-10-14)19-7-5-13-8-11-3-4-12(11)9-15(13)19/h1-2,6,8-10H,3-5,7H2,(H,18,20). The number of carbonyl (C=O) groups is 1. The van der Waals surface area contributed by atoms with Crippen molar-refractivity contribution in [3.8, 4) is 0 Å². The molecule has 1 N–H and O–H groups in total. The third-order valence-corrected chi connectivity index (χ3v) is 4.12. The number of nitrogens with zero attached hydrogens (tertiary/aromatic N) is 2. The molecule has 4 nitrogen and oxygen atoms in total. The first-order valence-electron chi connectivity index (χ1n) is 6.94. The van der Waals surface area contributed by atoms with Gasteiger partial charge in [-0.2, -0.15) is 0 Å². The number of urea groups is 1. The summed E-state index contributed by atoms with van der Waals surface area (Å²) < 4.78 is 0. The van der Waals surface area contributed by atoms with Crippen LogP contribution < -0.4 is 10.2 Å². The smallest absolute Gasteiger partial charge is 0.306 e. The summed E-state index contributed by atoms with van der Waals surface area (Å²) in [5.74, 6) is 0. The fourth-order valence-electron chi connectivity index (χ4n) is 2.93. The Bertz CT molecular complexity index is 682. The van der Waals surface area contributed by atoms with Crippen LogP contribution in [0.5, 0.6) is 0 Å². The van der Waals surface area contributed by atoms with Crippen molar-refractivity contribution in [2.24, 2.45) is 0 Å². The lowest BCUT2D eigenvalue weighted by Gasteiger charge is -2.23. The molecule has 100 valence electrons. The topological polar surface area (TPSA) is 45.2 Å². The highest BCUT2D eigenvalue weighted by atomic mass is 16.2. The zero-order valence-corrected chi connectivity index (χ0v) is 11.1. The molecular formula is C16H15N3O. The predicted octanol–water partition coefficient (Wildman–Crippen LogP) is 2.77. The fraction of sp³-hybridized carbons (Fsp3) is 0.250. The van der Waals surface area contributed by atoms with E-state index < -0.39 is 0 Å². The third kappa shape index (κ3) is 1.76. The molecule has 1 aliphatic heterocycles. The molecule has 0 atom stereocenters. The van der Waals surface area contributed by atoms with Gasteiger partial charge in [-0.25, -0.2) is 4.79 Å². The highest BCUT2D eigenvalue weighted by molar-refractivity contribution is 6.03. The second-order valence-electron chi connectivity index (χ2n) is 5.32. The maximum Gasteiger partial charge on any atom is 0.326 e. The van der Waals surface area contributed by atoms with Crippen molar-refractivity contribution in [1.82, 2.24) is 4.98 Å². The van der Waals surface area contributed by atoms with E-state index in [1.165, 1.54) is 23.1 Å². The van der Waals surface area contributed by atoms with Gasteiger partial charge in [0.2, 0.25) is 0 Å². The Morgan fingerprint density at radius 2 is 2.00 bits per heavy atom. The van der Waals surface area contributed by atoms with E-state index in [9.17, 15) is 4.79 Å². The Morgan fingerprint density at radius 1 is 1.15 bits per heavy atom. The van der Waals surface area contributed by atoms with Gasteiger partial charge in [0, 0.05) is 18.4 Å². The summed E-state index contributed by atoms with van der Waals surface area (Å²) in [4.78, 5) is 18.2. The monoisotopic (exact) mass is 265 g/mol. The number of hydrogen-bond acceptors (Lipinski definition) is 2. The van der Waals surface area contributed by atoms with E-state index in [1.54, 1.807) is 12.4 Å². The van der Waals surface area contributed by atoms with Crippen molar-refractivity contribution < 1.29 is 4.79 Å². The molecule has 4 rings (SSSR count). The molecule has 4 heteroatoms. The van der Waals surface area contributed by atoms with E-state index in [0.29, 0.717) is 0 Å². The minimum atomic E-state index is -0.0731. The molecule has 0 bridgehead atoms. The van der Waals surface area contributed by atoms with Crippen LogP contribution in [-0.2, 0) is 19.3 Å². The van der Waals surface area contributed by atoms with Gasteiger partial charge >= 0.3 is 6.03 Å². The van der Waals surface area contributed by atoms with E-state index in [-0.39, 0.29) is 6.03 Å². The molecule has 0 unspecified atom stereocenters. The van der Waals surface area contributed by atoms with E-state index >= 15 is 0 Å². The number of fused-ring (bicyclic) bond motifs is 2. The van der Waals surface area contributed by atoms with Gasteiger partial charge in [-0.3, -0.25) is 9.88 Å². The molecule has 0 saturated heterocycles. The zero-order chi connectivity index (χ0) is 13.5. The average Bonchev–Trinajstić information content (AvgIpc) is 2.85. The molecule has 2 aliphatic rings. The fourth-order valence-corrected chi connectivity index (χ4v) is 2.93. The molecule has 1 aliphatic carbocycles. The molecular weight excluding hydrogens is 250 g/mol. The number of amides is 2. The number of pyridine rings is 1. The van der Waals surface area contributed by atoms with Crippen molar-refractivity contribution >= 4 is 17.4 Å². The Hall–Kier alpha value is -2.36. The Morgan fingerprint density at radius 3 is 2.75 bits per heavy atom. The number of rotatable bonds is 1. The quantitative estimate of drug-likeness (QED) is 0.861. The Balaban J connectivity index is 1.59. The lowest BCUT2D eigenvalue weighted by molar-refractivity contribution is 0.257. The van der Waals surface area contributed by atoms with Crippen LogP contribution in [-0.4, -0.2) is 17.6 Å². The van der Waals surface area contributed by atoms with Crippen LogP contribution in [0.3, 0.4) is 0 Å². The number of hydrogen-bond donors (Lipinski definition) is 1. The van der Waals surface area contributed by atoms with Crippen LogP contribution >= 0.6 is 0 Å². The minimum absolute atomic E-state index is 0.0731. The van der Waals surface area contributed by atoms with Gasteiger partial charge in [0.15, 0.2) is 0 Å². The third-order valence-electron chi connectivity index (χ3n) is 4.12. The predicted molar refractivity (Wildman–Crippen MR) is 78.2 cm³/mol. The van der Waals surface area contributed by atoms with Crippen molar-refractivity contribution in [3.05, 3.63) is 53.3 Å². The van der Waals surface area contributed by atoms with Crippen molar-refractivity contribution in [2.75, 3.05) is 16.8 Å². The summed E-state index contributed by atoms with van der Waals surface area (Å²) in [6.45, 7) is 0.754. The molecule has 2 aromatic rings. The van der Waals surface area contributed by atoms with E-state index in [1.807, 2.05) is 17.0 Å². The van der Waals surface area contributed by atoms with E-state index in [4.69, 9.17) is 0 Å². The van der Waals surface area contributed by atoms with Crippen LogP contribution in [0, 0.1) is 0 Å². The van der Waals surface area contributed by atoms with E-state index in [0.717, 1.165) is 30.8 Å². The number of benzene rings is 1. The first-order chi connectivity index (χ1) is 9.81. The maximum absolute atomic E-state index is 12.4. The molecule has 0 spiro atoms. The summed E-state index contributed by atoms with van der Waals surface area (Å²) in [5.41, 5.74) is 5.95. The lowest BCUT2D eigenvalue weighted by atomic mass is 9.86. The van der Waals surface area contributed by atoms with Crippen LogP contribution in [0.1, 0.15) is 16.7 Å². The van der Waals surface area contributed by atoms with Crippen molar-refractivity contribution in [2.45, 2.75) is 19.3 Å². The van der Waals surface area contributed by atoms with Gasteiger partial charge in [0.25, 0.3) is 0 Å². The Labute approximate surface area is 117 Å². The molecule has 1 aromatic heterocycles. The summed E-state index contributed by atoms with van der Waals surface area (Å²) in [6, 6.07) is 8.04. The van der Waals surface area contributed by atoms with Crippen LogP contribution in [0.15, 0.2) is 36.7 Å². The largest absolute Gasteiger partial charge is 0.326 e. The number of carbonyl (C=O) groups excluding carboxylic acids is 1. The number of anilines is 2. The molecule has 20 heavy (non-hydrogen) atoms. The molecule has 0 fully saturated rings. The highest BCUT2D eigenvalue weighted by Gasteiger charge is 2.27. The number of aryl methyl sites for hydroxylation is 2. The average molecular weight is 265 g/mol. The van der Waals surface area contributed by atoms with Gasteiger partial charge < -0.3 is 5.32 Å². The van der Waals surface area contributed by atoms with Gasteiger partial charge in [0.1, 0.15) is 0 Å². The molecule has 2 heterocycles. The molecule has 0 radical (unpaired) electrons. The second-order valence-corrected chi connectivity index (χ2v) is 5.32. The Kier molecular flexibility index (Phi) is 2.49. The van der Waals surface area contributed by atoms with Crippen molar-refractivity contribution in [1.29, 1.82) is 0 Å². The molecule has 0 saturated carbocycles. The first kappa shape index (κ1) is 11.5. The van der Waals surface area contributed by atoms with Gasteiger partial charge in [-0.05, 0) is 54.2 Å². The molecule has 2 amide bonds. The SMILES string of the molecule is O=C(Nc1cccnc1)N1CCc2cc3c(cc21)CC3. The zero-order valence-electron chi connectivity index (χ0n) is 11.1. The van der Waals surface area contributed by atoms with Gasteiger partial charge in [-0.1, -0.05) is 6.07 Å². The minimum Gasteiger partial charge on any atom is -0.306 e. The van der Waals surface area contributed by atoms with E-state index in [2.05, 4.69) is 22.4 Å². The van der Waals surface area contributed by atoms with Crippen LogP contribution in [0.2, 0.25) is 0 Å².